The summed E-state index contributed by atoms with van der Waals surface area (Å²) in [6, 6.07) is 0. The van der Waals surface area contributed by atoms with Gasteiger partial charge in [0.15, 0.2) is 0 Å². The van der Waals surface area contributed by atoms with Crippen LogP contribution < -0.4 is 0 Å². The quantitative estimate of drug-likeness (QED) is 0.468. The SMILES string of the molecule is CCCCC/C=C(\F)CCCCC. The molecule has 0 rings (SSSR count). The van der Waals surface area contributed by atoms with E-state index in [1.165, 1.54) is 19.3 Å². The third kappa shape index (κ3) is 9.59. The van der Waals surface area contributed by atoms with Crippen molar-refractivity contribution in [1.82, 2.24) is 0 Å². The number of hydrogen-bond acceptors (Lipinski definition) is 0. The van der Waals surface area contributed by atoms with E-state index in [9.17, 15) is 4.39 Å². The molecular formula is C12H23F. The largest absolute Gasteiger partial charge is 0.212 e. The fourth-order valence-electron chi connectivity index (χ4n) is 1.30. The van der Waals surface area contributed by atoms with Crippen LogP contribution in [-0.4, -0.2) is 0 Å². The maximum atomic E-state index is 13.0. The van der Waals surface area contributed by atoms with E-state index >= 15 is 0 Å². The summed E-state index contributed by atoms with van der Waals surface area (Å²) in [5.74, 6) is 0.101. The van der Waals surface area contributed by atoms with Crippen molar-refractivity contribution in [2.45, 2.75) is 65.2 Å². The van der Waals surface area contributed by atoms with Crippen molar-refractivity contribution in [3.63, 3.8) is 0 Å². The molecule has 0 aliphatic rings. The van der Waals surface area contributed by atoms with E-state index in [-0.39, 0.29) is 5.83 Å². The molecule has 0 nitrogen and oxygen atoms in total. The Hall–Kier alpha value is -0.330. The molecule has 0 N–H and O–H groups in total. The molecule has 0 unspecified atom stereocenters. The zero-order valence-corrected chi connectivity index (χ0v) is 9.11. The van der Waals surface area contributed by atoms with Crippen molar-refractivity contribution >= 4 is 0 Å². The molecule has 0 fully saturated rings. The maximum Gasteiger partial charge on any atom is 0.0959 e. The van der Waals surface area contributed by atoms with Gasteiger partial charge in [-0.05, 0) is 25.7 Å². The zero-order valence-electron chi connectivity index (χ0n) is 9.11. The van der Waals surface area contributed by atoms with E-state index in [0.717, 1.165) is 25.7 Å². The Bertz CT molecular complexity index is 127. The first-order chi connectivity index (χ1) is 6.31. The lowest BCUT2D eigenvalue weighted by Crippen LogP contribution is -1.78. The molecule has 0 aromatic rings. The van der Waals surface area contributed by atoms with Crippen LogP contribution in [-0.2, 0) is 0 Å². The average molecular weight is 186 g/mol. The summed E-state index contributed by atoms with van der Waals surface area (Å²) in [5, 5.41) is 0. The highest BCUT2D eigenvalue weighted by atomic mass is 19.1. The number of unbranched alkanes of at least 4 members (excludes halogenated alkanes) is 5. The lowest BCUT2D eigenvalue weighted by Gasteiger charge is -1.97. The van der Waals surface area contributed by atoms with E-state index in [2.05, 4.69) is 13.8 Å². The van der Waals surface area contributed by atoms with Crippen molar-refractivity contribution in [3.05, 3.63) is 11.9 Å². The molecule has 0 saturated carbocycles. The minimum atomic E-state index is 0.101. The van der Waals surface area contributed by atoms with Gasteiger partial charge in [-0.2, -0.15) is 0 Å². The summed E-state index contributed by atoms with van der Waals surface area (Å²) < 4.78 is 13.0. The van der Waals surface area contributed by atoms with Crippen molar-refractivity contribution in [3.8, 4) is 0 Å². The van der Waals surface area contributed by atoms with Gasteiger partial charge in [-0.15, -0.1) is 0 Å². The van der Waals surface area contributed by atoms with Gasteiger partial charge in [-0.1, -0.05) is 45.6 Å². The van der Waals surface area contributed by atoms with Crippen LogP contribution >= 0.6 is 0 Å². The Morgan fingerprint density at radius 1 is 1.00 bits per heavy atom. The second kappa shape index (κ2) is 9.76. The van der Waals surface area contributed by atoms with Crippen LogP contribution in [0.2, 0.25) is 0 Å². The smallest absolute Gasteiger partial charge is 0.0959 e. The number of allylic oxidation sites excluding steroid dienone is 2. The van der Waals surface area contributed by atoms with E-state index in [4.69, 9.17) is 0 Å². The van der Waals surface area contributed by atoms with E-state index in [0.29, 0.717) is 6.42 Å². The van der Waals surface area contributed by atoms with Gasteiger partial charge in [0.1, 0.15) is 0 Å². The van der Waals surface area contributed by atoms with Gasteiger partial charge < -0.3 is 0 Å². The molecule has 0 spiro atoms. The summed E-state index contributed by atoms with van der Waals surface area (Å²) in [6.45, 7) is 4.31. The summed E-state index contributed by atoms with van der Waals surface area (Å²) >= 11 is 0. The van der Waals surface area contributed by atoms with Gasteiger partial charge >= 0.3 is 0 Å². The number of rotatable bonds is 8. The summed E-state index contributed by atoms with van der Waals surface area (Å²) in [6.07, 6.45) is 10.2. The van der Waals surface area contributed by atoms with Crippen LogP contribution in [0, 0.1) is 0 Å². The topological polar surface area (TPSA) is 0 Å². The lowest BCUT2D eigenvalue weighted by atomic mass is 10.1. The zero-order chi connectivity index (χ0) is 9.94. The van der Waals surface area contributed by atoms with Crippen molar-refractivity contribution in [2.75, 3.05) is 0 Å². The molecule has 0 heterocycles. The summed E-state index contributed by atoms with van der Waals surface area (Å²) in [5.41, 5.74) is 0. The summed E-state index contributed by atoms with van der Waals surface area (Å²) in [4.78, 5) is 0. The molecule has 0 bridgehead atoms. The minimum Gasteiger partial charge on any atom is -0.212 e. The van der Waals surface area contributed by atoms with Crippen molar-refractivity contribution < 1.29 is 4.39 Å². The first-order valence-electron chi connectivity index (χ1n) is 5.65. The minimum absolute atomic E-state index is 0.101. The molecule has 0 aliphatic heterocycles. The molecule has 78 valence electrons. The van der Waals surface area contributed by atoms with Crippen LogP contribution in [0.4, 0.5) is 4.39 Å². The molecule has 1 heteroatoms. The maximum absolute atomic E-state index is 13.0. The molecule has 0 aromatic heterocycles. The van der Waals surface area contributed by atoms with Gasteiger partial charge in [0.05, 0.1) is 5.83 Å². The highest BCUT2D eigenvalue weighted by Crippen LogP contribution is 2.12. The van der Waals surface area contributed by atoms with E-state index in [1.807, 2.05) is 0 Å². The standard InChI is InChI=1S/C12H23F/c1-3-5-7-9-11-12(13)10-8-6-4-2/h11H,3-10H2,1-2H3/b12-11-. The Labute approximate surface area is 82.2 Å². The third-order valence-corrected chi connectivity index (χ3v) is 2.19. The Balaban J connectivity index is 3.29. The highest BCUT2D eigenvalue weighted by Gasteiger charge is 1.93. The highest BCUT2D eigenvalue weighted by molar-refractivity contribution is 4.90. The molecule has 0 atom stereocenters. The fourth-order valence-corrected chi connectivity index (χ4v) is 1.30. The van der Waals surface area contributed by atoms with E-state index < -0.39 is 0 Å². The number of hydrogen-bond donors (Lipinski definition) is 0. The predicted molar refractivity (Wildman–Crippen MR) is 57.5 cm³/mol. The molecule has 0 amide bonds. The molecule has 13 heavy (non-hydrogen) atoms. The van der Waals surface area contributed by atoms with Crippen molar-refractivity contribution in [2.24, 2.45) is 0 Å². The first-order valence-corrected chi connectivity index (χ1v) is 5.65. The Morgan fingerprint density at radius 3 is 2.23 bits per heavy atom. The average Bonchev–Trinajstić information content (AvgIpc) is 2.13. The molecular weight excluding hydrogens is 163 g/mol. The van der Waals surface area contributed by atoms with Gasteiger partial charge in [0, 0.05) is 0 Å². The molecule has 0 aliphatic carbocycles. The normalized spacial score (nSPS) is 12.1. The molecule has 0 radical (unpaired) electrons. The number of halogens is 1. The van der Waals surface area contributed by atoms with Gasteiger partial charge in [0.25, 0.3) is 0 Å². The van der Waals surface area contributed by atoms with Crippen LogP contribution in [0.15, 0.2) is 11.9 Å². The van der Waals surface area contributed by atoms with Gasteiger partial charge in [0.2, 0.25) is 0 Å². The van der Waals surface area contributed by atoms with Crippen LogP contribution in [0.5, 0.6) is 0 Å². The van der Waals surface area contributed by atoms with Gasteiger partial charge in [-0.25, -0.2) is 4.39 Å². The molecule has 0 saturated heterocycles. The fraction of sp³-hybridized carbons (Fsp3) is 0.833. The van der Waals surface area contributed by atoms with Crippen LogP contribution in [0.3, 0.4) is 0 Å². The lowest BCUT2D eigenvalue weighted by molar-refractivity contribution is 0.552. The predicted octanol–water partition coefficient (Wildman–Crippen LogP) is 5.00. The van der Waals surface area contributed by atoms with Crippen LogP contribution in [0.1, 0.15) is 65.2 Å². The van der Waals surface area contributed by atoms with E-state index in [1.54, 1.807) is 6.08 Å². The van der Waals surface area contributed by atoms with Gasteiger partial charge in [-0.3, -0.25) is 0 Å². The van der Waals surface area contributed by atoms with Crippen molar-refractivity contribution in [1.29, 1.82) is 0 Å². The second-order valence-electron chi connectivity index (χ2n) is 3.60. The van der Waals surface area contributed by atoms with Crippen LogP contribution in [0.25, 0.3) is 0 Å². The molecule has 0 aromatic carbocycles. The Morgan fingerprint density at radius 2 is 1.62 bits per heavy atom. The second-order valence-corrected chi connectivity index (χ2v) is 3.60. The monoisotopic (exact) mass is 186 g/mol. The Kier molecular flexibility index (Phi) is 9.51. The summed E-state index contributed by atoms with van der Waals surface area (Å²) in [7, 11) is 0. The first kappa shape index (κ1) is 12.7. The third-order valence-electron chi connectivity index (χ3n) is 2.19.